The largest absolute Gasteiger partial charge is 0.464 e. The molecule has 0 spiro atoms. The molecule has 0 aliphatic carbocycles. The number of furan rings is 1. The fraction of sp³-hybridized carbons (Fsp3) is 0.0667. The molecule has 98 valence electrons. The molecule has 1 aromatic carbocycles. The fourth-order valence-electron chi connectivity index (χ4n) is 2.34. The van der Waals surface area contributed by atoms with Crippen molar-refractivity contribution in [2.75, 3.05) is 5.73 Å². The highest BCUT2D eigenvalue weighted by atomic mass is 32.1. The van der Waals surface area contributed by atoms with Gasteiger partial charge in [-0.05, 0) is 19.1 Å². The first-order chi connectivity index (χ1) is 9.72. The van der Waals surface area contributed by atoms with E-state index in [2.05, 4.69) is 9.97 Å². The molecule has 4 nitrogen and oxygen atoms in total. The van der Waals surface area contributed by atoms with Crippen LogP contribution in [0.25, 0.3) is 32.6 Å². The molecule has 20 heavy (non-hydrogen) atoms. The van der Waals surface area contributed by atoms with Gasteiger partial charge in [0.2, 0.25) is 0 Å². The molecule has 0 saturated heterocycles. The van der Waals surface area contributed by atoms with Crippen molar-refractivity contribution >= 4 is 38.3 Å². The maximum Gasteiger partial charge on any atom is 0.166 e. The highest BCUT2D eigenvalue weighted by Gasteiger charge is 2.14. The van der Waals surface area contributed by atoms with Gasteiger partial charge in [-0.15, -0.1) is 11.3 Å². The molecule has 0 aliphatic rings. The summed E-state index contributed by atoms with van der Waals surface area (Å²) in [5, 5.41) is 1.92. The van der Waals surface area contributed by atoms with E-state index in [-0.39, 0.29) is 0 Å². The number of nitrogens with zero attached hydrogens (tertiary/aromatic N) is 2. The number of hydrogen-bond donors (Lipinski definition) is 1. The van der Waals surface area contributed by atoms with Crippen LogP contribution in [0, 0.1) is 6.92 Å². The predicted octanol–water partition coefficient (Wildman–Crippen LogP) is 4.00. The minimum absolute atomic E-state index is 0.514. The molecule has 3 heterocycles. The average Bonchev–Trinajstić information content (AvgIpc) is 3.01. The number of aryl methyl sites for hydroxylation is 1. The number of nitrogens with two attached hydrogens (primary N) is 1. The molecule has 0 saturated carbocycles. The Kier molecular flexibility index (Phi) is 2.31. The first-order valence-corrected chi connectivity index (χ1v) is 7.04. The van der Waals surface area contributed by atoms with Gasteiger partial charge in [-0.2, -0.15) is 0 Å². The van der Waals surface area contributed by atoms with E-state index in [1.54, 1.807) is 17.6 Å². The number of hydrogen-bond acceptors (Lipinski definition) is 5. The molecule has 0 bridgehead atoms. The third-order valence-corrected chi connectivity index (χ3v) is 4.21. The second kappa shape index (κ2) is 4.05. The molecule has 0 amide bonds. The van der Waals surface area contributed by atoms with E-state index in [1.165, 1.54) is 4.88 Å². The summed E-state index contributed by atoms with van der Waals surface area (Å²) in [7, 11) is 0. The smallest absolute Gasteiger partial charge is 0.166 e. The van der Waals surface area contributed by atoms with Gasteiger partial charge in [0.15, 0.2) is 5.82 Å². The Balaban J connectivity index is 2.02. The zero-order chi connectivity index (χ0) is 13.7. The van der Waals surface area contributed by atoms with Crippen molar-refractivity contribution in [3.05, 3.63) is 41.5 Å². The molecule has 0 aliphatic heterocycles. The van der Waals surface area contributed by atoms with E-state index in [1.807, 2.05) is 37.3 Å². The van der Waals surface area contributed by atoms with Crippen LogP contribution in [-0.2, 0) is 0 Å². The molecule has 4 aromatic rings. The van der Waals surface area contributed by atoms with Gasteiger partial charge in [0, 0.05) is 10.3 Å². The summed E-state index contributed by atoms with van der Waals surface area (Å²) < 4.78 is 5.54. The van der Waals surface area contributed by atoms with Crippen molar-refractivity contribution in [1.29, 1.82) is 0 Å². The lowest BCUT2D eigenvalue weighted by molar-refractivity contribution is 0.616. The van der Waals surface area contributed by atoms with E-state index < -0.39 is 0 Å². The topological polar surface area (TPSA) is 64.9 Å². The molecule has 5 heteroatoms. The van der Waals surface area contributed by atoms with Gasteiger partial charge in [-0.1, -0.05) is 18.2 Å². The summed E-state index contributed by atoms with van der Waals surface area (Å²) in [6.07, 6.45) is 1.69. The minimum Gasteiger partial charge on any atom is -0.464 e. The van der Waals surface area contributed by atoms with Crippen LogP contribution in [0.2, 0.25) is 0 Å². The summed E-state index contributed by atoms with van der Waals surface area (Å²) in [6.45, 7) is 2.04. The van der Waals surface area contributed by atoms with Crippen molar-refractivity contribution in [3.63, 3.8) is 0 Å². The van der Waals surface area contributed by atoms with Gasteiger partial charge >= 0.3 is 0 Å². The number of thiophene rings is 1. The number of rotatable bonds is 1. The standard InChI is InChI=1S/C15H11N3OS/c1-8-6-10-13(16)17-14(18-15(10)20-8)11-7-19-12-5-3-2-4-9(11)12/h2-7H,1H3,(H2,16,17,18). The SMILES string of the molecule is Cc1cc2c(N)nc(-c3coc4ccccc34)nc2s1. The predicted molar refractivity (Wildman–Crippen MR) is 81.8 cm³/mol. The zero-order valence-electron chi connectivity index (χ0n) is 10.8. The van der Waals surface area contributed by atoms with Gasteiger partial charge in [0.25, 0.3) is 0 Å². The summed E-state index contributed by atoms with van der Waals surface area (Å²) in [5.74, 6) is 1.13. The van der Waals surface area contributed by atoms with E-state index in [0.29, 0.717) is 11.6 Å². The van der Waals surface area contributed by atoms with Crippen LogP contribution >= 0.6 is 11.3 Å². The lowest BCUT2D eigenvalue weighted by atomic mass is 10.1. The Bertz CT molecular complexity index is 939. The van der Waals surface area contributed by atoms with Crippen molar-refractivity contribution in [3.8, 4) is 11.4 Å². The number of nitrogen functional groups attached to an aromatic ring is 1. The lowest BCUT2D eigenvalue weighted by Crippen LogP contribution is -1.95. The molecule has 0 radical (unpaired) electrons. The normalized spacial score (nSPS) is 11.4. The van der Waals surface area contributed by atoms with Crippen LogP contribution in [0.4, 0.5) is 5.82 Å². The van der Waals surface area contributed by atoms with Gasteiger partial charge in [-0.3, -0.25) is 0 Å². The first kappa shape index (κ1) is 11.4. The molecular weight excluding hydrogens is 270 g/mol. The number of para-hydroxylation sites is 1. The molecule has 0 fully saturated rings. The quantitative estimate of drug-likeness (QED) is 0.573. The number of fused-ring (bicyclic) bond motifs is 2. The maximum absolute atomic E-state index is 6.05. The Labute approximate surface area is 118 Å². The van der Waals surface area contributed by atoms with Crippen LogP contribution in [-0.4, -0.2) is 9.97 Å². The highest BCUT2D eigenvalue weighted by molar-refractivity contribution is 7.18. The summed E-state index contributed by atoms with van der Waals surface area (Å²) in [6, 6.07) is 9.86. The third-order valence-electron chi connectivity index (χ3n) is 3.27. The summed E-state index contributed by atoms with van der Waals surface area (Å²) in [4.78, 5) is 11.1. The average molecular weight is 281 g/mol. The van der Waals surface area contributed by atoms with Crippen molar-refractivity contribution < 1.29 is 4.42 Å². The van der Waals surface area contributed by atoms with Crippen LogP contribution in [0.3, 0.4) is 0 Å². The Morgan fingerprint density at radius 1 is 1.15 bits per heavy atom. The number of anilines is 1. The summed E-state index contributed by atoms with van der Waals surface area (Å²) in [5.41, 5.74) is 7.75. The van der Waals surface area contributed by atoms with Crippen molar-refractivity contribution in [2.45, 2.75) is 6.92 Å². The maximum atomic E-state index is 6.05. The van der Waals surface area contributed by atoms with E-state index in [4.69, 9.17) is 10.2 Å². The number of benzene rings is 1. The van der Waals surface area contributed by atoms with Gasteiger partial charge < -0.3 is 10.2 Å². The Morgan fingerprint density at radius 3 is 2.90 bits per heavy atom. The van der Waals surface area contributed by atoms with Gasteiger partial charge in [-0.25, -0.2) is 9.97 Å². The second-order valence-corrected chi connectivity index (χ2v) is 5.89. The number of aromatic nitrogens is 2. The molecule has 3 aromatic heterocycles. The molecule has 2 N–H and O–H groups in total. The second-order valence-electron chi connectivity index (χ2n) is 4.65. The van der Waals surface area contributed by atoms with Crippen LogP contribution in [0.5, 0.6) is 0 Å². The van der Waals surface area contributed by atoms with E-state index in [0.717, 1.165) is 26.7 Å². The monoisotopic (exact) mass is 281 g/mol. The van der Waals surface area contributed by atoms with E-state index >= 15 is 0 Å². The van der Waals surface area contributed by atoms with Crippen molar-refractivity contribution in [2.24, 2.45) is 0 Å². The molecule has 0 unspecified atom stereocenters. The fourth-order valence-corrected chi connectivity index (χ4v) is 3.22. The van der Waals surface area contributed by atoms with Gasteiger partial charge in [0.05, 0.1) is 10.9 Å². The first-order valence-electron chi connectivity index (χ1n) is 6.22. The minimum atomic E-state index is 0.514. The van der Waals surface area contributed by atoms with E-state index in [9.17, 15) is 0 Å². The van der Waals surface area contributed by atoms with Crippen LogP contribution < -0.4 is 5.73 Å². The molecular formula is C15H11N3OS. The third kappa shape index (κ3) is 1.60. The molecule has 0 atom stereocenters. The van der Waals surface area contributed by atoms with Gasteiger partial charge in [0.1, 0.15) is 22.5 Å². The summed E-state index contributed by atoms with van der Waals surface area (Å²) >= 11 is 1.62. The Morgan fingerprint density at radius 2 is 2.00 bits per heavy atom. The van der Waals surface area contributed by atoms with Crippen LogP contribution in [0.1, 0.15) is 4.88 Å². The van der Waals surface area contributed by atoms with Crippen LogP contribution in [0.15, 0.2) is 41.0 Å². The lowest BCUT2D eigenvalue weighted by Gasteiger charge is -2.00. The zero-order valence-corrected chi connectivity index (χ0v) is 11.6. The molecule has 4 rings (SSSR count). The van der Waals surface area contributed by atoms with Crippen molar-refractivity contribution in [1.82, 2.24) is 9.97 Å². The highest BCUT2D eigenvalue weighted by Crippen LogP contribution is 2.33. The Hall–Kier alpha value is -2.40.